The van der Waals surface area contributed by atoms with Gasteiger partial charge < -0.3 is 0 Å². The molecule has 1 aromatic heterocycles. The highest BCUT2D eigenvalue weighted by molar-refractivity contribution is 5.71. The van der Waals surface area contributed by atoms with Crippen LogP contribution in [0.4, 0.5) is 5.69 Å². The maximum Gasteiger partial charge on any atom is 0.0727 e. The molecule has 0 saturated heterocycles. The summed E-state index contributed by atoms with van der Waals surface area (Å²) in [7, 11) is 0. The average Bonchev–Trinajstić information content (AvgIpc) is 2.32. The number of pyridine rings is 1. The lowest BCUT2D eigenvalue weighted by Gasteiger charge is -2.01. The van der Waals surface area contributed by atoms with Crippen LogP contribution in [0.2, 0.25) is 0 Å². The fourth-order valence-corrected chi connectivity index (χ4v) is 0.854. The molecule has 0 fully saturated rings. The molecule has 0 aromatic carbocycles. The van der Waals surface area contributed by atoms with Crippen LogP contribution < -0.4 is 0 Å². The minimum Gasteiger partial charge on any atom is -0.264 e. The second-order valence-electron chi connectivity index (χ2n) is 3.04. The Labute approximate surface area is 100 Å². The van der Waals surface area contributed by atoms with Gasteiger partial charge in [0.2, 0.25) is 0 Å². The maximum atomic E-state index is 3.97. The zero-order valence-corrected chi connectivity index (χ0v) is 11.2. The van der Waals surface area contributed by atoms with Gasteiger partial charge >= 0.3 is 0 Å². The summed E-state index contributed by atoms with van der Waals surface area (Å²) in [5, 5.41) is 0. The molecule has 0 radical (unpaired) electrons. The Bertz CT molecular complexity index is 303. The summed E-state index contributed by atoms with van der Waals surface area (Å²) in [6.45, 7) is 17.4. The van der Waals surface area contributed by atoms with Crippen molar-refractivity contribution in [3.63, 3.8) is 0 Å². The van der Waals surface area contributed by atoms with Crippen LogP contribution in [0, 0.1) is 0 Å². The highest BCUT2D eigenvalue weighted by Crippen LogP contribution is 2.22. The Balaban J connectivity index is 0. The molecule has 0 bridgehead atoms. The van der Waals surface area contributed by atoms with E-state index in [1.165, 1.54) is 6.42 Å². The van der Waals surface area contributed by atoms with E-state index in [-0.39, 0.29) is 0 Å². The number of allylic oxidation sites excluding steroid dienone is 1. The van der Waals surface area contributed by atoms with Crippen LogP contribution >= 0.6 is 0 Å². The van der Waals surface area contributed by atoms with Gasteiger partial charge in [0.05, 0.1) is 5.69 Å². The van der Waals surface area contributed by atoms with Gasteiger partial charge in [-0.3, -0.25) is 9.98 Å². The Kier molecular flexibility index (Phi) is 12.3. The average molecular weight is 220 g/mol. The van der Waals surface area contributed by atoms with Gasteiger partial charge in [0.25, 0.3) is 0 Å². The van der Waals surface area contributed by atoms with Gasteiger partial charge in [0, 0.05) is 18.0 Å². The Hall–Kier alpha value is -1.44. The normalized spacial score (nSPS) is 7.81. The fraction of sp³-hybridized carbons (Fsp3) is 0.429. The fourth-order valence-electron chi connectivity index (χ4n) is 0.854. The summed E-state index contributed by atoms with van der Waals surface area (Å²) in [5.41, 5.74) is 2.76. The number of hydrogen-bond acceptors (Lipinski definition) is 2. The number of aromatic nitrogens is 1. The molecule has 16 heavy (non-hydrogen) atoms. The number of rotatable bonds is 2. The van der Waals surface area contributed by atoms with Gasteiger partial charge in [-0.1, -0.05) is 40.7 Å². The predicted octanol–water partition coefficient (Wildman–Crippen LogP) is 4.89. The van der Waals surface area contributed by atoms with Crippen molar-refractivity contribution < 1.29 is 0 Å². The Morgan fingerprint density at radius 3 is 2.19 bits per heavy atom. The monoisotopic (exact) mass is 220 g/mol. The topological polar surface area (TPSA) is 25.2 Å². The van der Waals surface area contributed by atoms with Gasteiger partial charge in [-0.25, -0.2) is 0 Å². The molecule has 0 N–H and O–H groups in total. The molecular weight excluding hydrogens is 196 g/mol. The third-order valence-electron chi connectivity index (χ3n) is 1.43. The van der Waals surface area contributed by atoms with Gasteiger partial charge in [-0.2, -0.15) is 0 Å². The SMILES string of the molecule is C=Nc1ccncc1C(=C)C.CC.CCC. The van der Waals surface area contributed by atoms with E-state index < -0.39 is 0 Å². The summed E-state index contributed by atoms with van der Waals surface area (Å²) in [6, 6.07) is 1.82. The molecule has 2 heteroatoms. The maximum absolute atomic E-state index is 3.97. The van der Waals surface area contributed by atoms with Crippen LogP contribution in [0.15, 0.2) is 30.0 Å². The summed E-state index contributed by atoms with van der Waals surface area (Å²) in [4.78, 5) is 7.81. The summed E-state index contributed by atoms with van der Waals surface area (Å²) >= 11 is 0. The molecule has 90 valence electrons. The van der Waals surface area contributed by atoms with E-state index in [1.54, 1.807) is 12.4 Å². The van der Waals surface area contributed by atoms with Crippen molar-refractivity contribution in [3.05, 3.63) is 30.6 Å². The smallest absolute Gasteiger partial charge is 0.0727 e. The molecule has 0 aliphatic rings. The van der Waals surface area contributed by atoms with E-state index in [9.17, 15) is 0 Å². The number of aliphatic imine (C=N–C) groups is 1. The largest absolute Gasteiger partial charge is 0.264 e. The predicted molar refractivity (Wildman–Crippen MR) is 75.5 cm³/mol. The second kappa shape index (κ2) is 11.6. The first-order valence-electron chi connectivity index (χ1n) is 5.73. The summed E-state index contributed by atoms with van der Waals surface area (Å²) in [6.07, 6.45) is 4.68. The van der Waals surface area contributed by atoms with Crippen LogP contribution in [0.1, 0.15) is 46.6 Å². The van der Waals surface area contributed by atoms with Crippen LogP contribution in [-0.2, 0) is 0 Å². The molecule has 1 heterocycles. The third kappa shape index (κ3) is 6.93. The number of hydrogen-bond donors (Lipinski definition) is 0. The van der Waals surface area contributed by atoms with E-state index in [2.05, 4.69) is 37.1 Å². The molecule has 1 aromatic rings. The van der Waals surface area contributed by atoms with Crippen LogP contribution in [-0.4, -0.2) is 11.7 Å². The molecule has 2 nitrogen and oxygen atoms in total. The minimum atomic E-state index is 0.840. The Morgan fingerprint density at radius 2 is 1.88 bits per heavy atom. The van der Waals surface area contributed by atoms with Gasteiger partial charge in [0.15, 0.2) is 0 Å². The van der Waals surface area contributed by atoms with E-state index in [1.807, 2.05) is 26.8 Å². The lowest BCUT2D eigenvalue weighted by molar-refractivity contribution is 1.09. The molecule has 0 saturated carbocycles. The van der Waals surface area contributed by atoms with Crippen molar-refractivity contribution in [2.75, 3.05) is 0 Å². The second-order valence-corrected chi connectivity index (χ2v) is 3.04. The van der Waals surface area contributed by atoms with Crippen molar-refractivity contribution in [3.8, 4) is 0 Å². The summed E-state index contributed by atoms with van der Waals surface area (Å²) in [5.74, 6) is 0. The zero-order chi connectivity index (χ0) is 13.0. The first kappa shape index (κ1) is 17.0. The zero-order valence-electron chi connectivity index (χ0n) is 11.2. The molecule has 0 aliphatic heterocycles. The van der Waals surface area contributed by atoms with Crippen LogP contribution in [0.25, 0.3) is 5.57 Å². The molecule has 1 rings (SSSR count). The highest BCUT2D eigenvalue weighted by atomic mass is 14.7. The lowest BCUT2D eigenvalue weighted by Crippen LogP contribution is -1.80. The Morgan fingerprint density at radius 1 is 1.38 bits per heavy atom. The first-order chi connectivity index (χ1) is 7.67. The van der Waals surface area contributed by atoms with Crippen molar-refractivity contribution >= 4 is 18.0 Å². The van der Waals surface area contributed by atoms with Gasteiger partial charge in [-0.05, 0) is 25.3 Å². The molecular formula is C14H24N2. The standard InChI is InChI=1S/C9H10N2.C3H8.C2H6/c1-7(2)8-6-11-5-4-9(8)10-3;1-3-2;1-2/h4-6H,1,3H2,2H3;3H2,1-2H3;1-2H3. The number of nitrogens with zero attached hydrogens (tertiary/aromatic N) is 2. The molecule has 0 amide bonds. The van der Waals surface area contributed by atoms with Crippen molar-refractivity contribution in [1.29, 1.82) is 0 Å². The van der Waals surface area contributed by atoms with E-state index >= 15 is 0 Å². The van der Waals surface area contributed by atoms with Crippen molar-refractivity contribution in [1.82, 2.24) is 4.98 Å². The van der Waals surface area contributed by atoms with Crippen molar-refractivity contribution in [2.24, 2.45) is 4.99 Å². The van der Waals surface area contributed by atoms with Crippen LogP contribution in [0.3, 0.4) is 0 Å². The van der Waals surface area contributed by atoms with E-state index in [0.717, 1.165) is 16.8 Å². The highest BCUT2D eigenvalue weighted by Gasteiger charge is 1.98. The molecule has 0 unspecified atom stereocenters. The lowest BCUT2D eigenvalue weighted by atomic mass is 10.1. The third-order valence-corrected chi connectivity index (χ3v) is 1.43. The quantitative estimate of drug-likeness (QED) is 0.651. The first-order valence-corrected chi connectivity index (χ1v) is 5.73. The van der Waals surface area contributed by atoms with Gasteiger partial charge in [0.1, 0.15) is 0 Å². The van der Waals surface area contributed by atoms with E-state index in [4.69, 9.17) is 0 Å². The van der Waals surface area contributed by atoms with Gasteiger partial charge in [-0.15, -0.1) is 0 Å². The summed E-state index contributed by atoms with van der Waals surface area (Å²) < 4.78 is 0. The van der Waals surface area contributed by atoms with Crippen LogP contribution in [0.5, 0.6) is 0 Å². The molecule has 0 aliphatic carbocycles. The minimum absolute atomic E-state index is 0.840. The van der Waals surface area contributed by atoms with Crippen molar-refractivity contribution in [2.45, 2.75) is 41.0 Å². The molecule has 0 spiro atoms. The van der Waals surface area contributed by atoms with E-state index in [0.29, 0.717) is 0 Å². The molecule has 0 atom stereocenters.